The van der Waals surface area contributed by atoms with Gasteiger partial charge in [-0.15, -0.1) is 0 Å². The highest BCUT2D eigenvalue weighted by atomic mass is 16.2. The lowest BCUT2D eigenvalue weighted by atomic mass is 10.1. The van der Waals surface area contributed by atoms with Crippen molar-refractivity contribution in [2.75, 3.05) is 6.54 Å². The van der Waals surface area contributed by atoms with E-state index in [-0.39, 0.29) is 18.0 Å². The number of carbonyl (C=O) groups excluding carboxylic acids is 1. The minimum atomic E-state index is -0.0817. The van der Waals surface area contributed by atoms with Crippen LogP contribution >= 0.6 is 0 Å². The van der Waals surface area contributed by atoms with Crippen LogP contribution in [0, 0.1) is 0 Å². The summed E-state index contributed by atoms with van der Waals surface area (Å²) in [4.78, 5) is 18.2. The van der Waals surface area contributed by atoms with E-state index in [9.17, 15) is 4.79 Å². The minimum Gasteiger partial charge on any atom is -0.334 e. The molecule has 1 aromatic heterocycles. The molecule has 1 aromatic rings. The third-order valence-corrected chi connectivity index (χ3v) is 3.30. The molecule has 1 amide bonds. The van der Waals surface area contributed by atoms with Gasteiger partial charge in [-0.2, -0.15) is 0 Å². The average Bonchev–Trinajstić information content (AvgIpc) is 2.45. The predicted octanol–water partition coefficient (Wildman–Crippen LogP) is 1.18. The second kappa shape index (κ2) is 5.27. The van der Waals surface area contributed by atoms with Gasteiger partial charge in [0.1, 0.15) is 0 Å². The average molecular weight is 233 g/mol. The molecular weight excluding hydrogens is 214 g/mol. The minimum absolute atomic E-state index is 0.0817. The van der Waals surface area contributed by atoms with Gasteiger partial charge < -0.3 is 10.2 Å². The van der Waals surface area contributed by atoms with Gasteiger partial charge in [-0.3, -0.25) is 9.78 Å². The van der Waals surface area contributed by atoms with Crippen molar-refractivity contribution in [3.63, 3.8) is 0 Å². The van der Waals surface area contributed by atoms with Gasteiger partial charge in [0.15, 0.2) is 0 Å². The van der Waals surface area contributed by atoms with Crippen molar-refractivity contribution in [1.29, 1.82) is 0 Å². The maximum absolute atomic E-state index is 12.2. The molecule has 1 N–H and O–H groups in total. The Balaban J connectivity index is 2.13. The summed E-state index contributed by atoms with van der Waals surface area (Å²) in [6.07, 6.45) is 4.54. The summed E-state index contributed by atoms with van der Waals surface area (Å²) in [6, 6.07) is 4.13. The van der Waals surface area contributed by atoms with Gasteiger partial charge in [-0.1, -0.05) is 0 Å². The van der Waals surface area contributed by atoms with Crippen molar-refractivity contribution >= 4 is 5.91 Å². The second-order valence-electron chi connectivity index (χ2n) is 4.64. The van der Waals surface area contributed by atoms with Crippen molar-refractivity contribution in [2.45, 2.75) is 38.9 Å². The molecular formula is C13H19N3O. The molecule has 2 unspecified atom stereocenters. The normalized spacial score (nSPS) is 25.8. The zero-order chi connectivity index (χ0) is 12.3. The van der Waals surface area contributed by atoms with Crippen LogP contribution in [-0.4, -0.2) is 34.4 Å². The fraction of sp³-hybridized carbons (Fsp3) is 0.538. The molecule has 0 bridgehead atoms. The number of hydrogen-bond donors (Lipinski definition) is 1. The fourth-order valence-corrected chi connectivity index (χ4v) is 2.14. The topological polar surface area (TPSA) is 45.2 Å². The molecule has 1 saturated heterocycles. The number of aromatic nitrogens is 1. The Bertz CT molecular complexity index is 380. The summed E-state index contributed by atoms with van der Waals surface area (Å²) in [5.41, 5.74) is 1.13. The summed E-state index contributed by atoms with van der Waals surface area (Å²) >= 11 is 0. The molecule has 4 heteroatoms. The molecule has 92 valence electrons. The molecule has 0 aromatic carbocycles. The van der Waals surface area contributed by atoms with Crippen molar-refractivity contribution in [2.24, 2.45) is 0 Å². The number of nitrogens with one attached hydrogen (secondary N) is 1. The SMILES string of the molecule is CC1NCCC(C)N(Cc2ccncc2)C1=O. The zero-order valence-electron chi connectivity index (χ0n) is 10.4. The van der Waals surface area contributed by atoms with Crippen LogP contribution in [0.5, 0.6) is 0 Å². The van der Waals surface area contributed by atoms with Gasteiger partial charge in [0.05, 0.1) is 6.04 Å². The molecule has 2 rings (SSSR count). The van der Waals surface area contributed by atoms with Gasteiger partial charge in [-0.25, -0.2) is 0 Å². The van der Waals surface area contributed by atoms with Crippen LogP contribution in [0.4, 0.5) is 0 Å². The maximum atomic E-state index is 12.2. The molecule has 0 saturated carbocycles. The van der Waals surface area contributed by atoms with Crippen LogP contribution < -0.4 is 5.32 Å². The van der Waals surface area contributed by atoms with Gasteiger partial charge in [0.2, 0.25) is 5.91 Å². The molecule has 1 aliphatic rings. The molecule has 0 spiro atoms. The Morgan fingerprint density at radius 1 is 1.41 bits per heavy atom. The molecule has 2 heterocycles. The summed E-state index contributed by atoms with van der Waals surface area (Å²) in [7, 11) is 0. The van der Waals surface area contributed by atoms with Crippen molar-refractivity contribution in [3.8, 4) is 0 Å². The number of hydrogen-bond acceptors (Lipinski definition) is 3. The van der Waals surface area contributed by atoms with E-state index < -0.39 is 0 Å². The highest BCUT2D eigenvalue weighted by Crippen LogP contribution is 2.14. The van der Waals surface area contributed by atoms with Gasteiger partial charge in [-0.05, 0) is 44.5 Å². The lowest BCUT2D eigenvalue weighted by molar-refractivity contribution is -0.134. The van der Waals surface area contributed by atoms with E-state index in [4.69, 9.17) is 0 Å². The number of carbonyl (C=O) groups is 1. The molecule has 1 fully saturated rings. The van der Waals surface area contributed by atoms with E-state index in [2.05, 4.69) is 17.2 Å². The first kappa shape index (κ1) is 12.0. The molecule has 0 aliphatic carbocycles. The number of amides is 1. The van der Waals surface area contributed by atoms with Crippen LogP contribution in [-0.2, 0) is 11.3 Å². The summed E-state index contributed by atoms with van der Waals surface area (Å²) in [6.45, 7) is 5.62. The summed E-state index contributed by atoms with van der Waals surface area (Å²) in [5, 5.41) is 3.24. The Morgan fingerprint density at radius 2 is 2.12 bits per heavy atom. The molecule has 4 nitrogen and oxygen atoms in total. The van der Waals surface area contributed by atoms with E-state index >= 15 is 0 Å². The van der Waals surface area contributed by atoms with E-state index in [0.29, 0.717) is 6.54 Å². The molecule has 2 atom stereocenters. The van der Waals surface area contributed by atoms with Gasteiger partial charge >= 0.3 is 0 Å². The van der Waals surface area contributed by atoms with E-state index in [1.165, 1.54) is 0 Å². The quantitative estimate of drug-likeness (QED) is 0.834. The number of pyridine rings is 1. The molecule has 1 aliphatic heterocycles. The first-order valence-corrected chi connectivity index (χ1v) is 6.11. The maximum Gasteiger partial charge on any atom is 0.239 e. The fourth-order valence-electron chi connectivity index (χ4n) is 2.14. The number of rotatable bonds is 2. The number of nitrogens with zero attached hydrogens (tertiary/aromatic N) is 2. The van der Waals surface area contributed by atoms with Crippen LogP contribution in [0.3, 0.4) is 0 Å². The Morgan fingerprint density at radius 3 is 2.82 bits per heavy atom. The van der Waals surface area contributed by atoms with Crippen molar-refractivity contribution < 1.29 is 4.79 Å². The predicted molar refractivity (Wildman–Crippen MR) is 66.3 cm³/mol. The largest absolute Gasteiger partial charge is 0.334 e. The summed E-state index contributed by atoms with van der Waals surface area (Å²) < 4.78 is 0. The monoisotopic (exact) mass is 233 g/mol. The lowest BCUT2D eigenvalue weighted by Gasteiger charge is -2.28. The van der Waals surface area contributed by atoms with Crippen LogP contribution in [0.1, 0.15) is 25.8 Å². The van der Waals surface area contributed by atoms with Crippen LogP contribution in [0.2, 0.25) is 0 Å². The molecule has 17 heavy (non-hydrogen) atoms. The first-order valence-electron chi connectivity index (χ1n) is 6.11. The third kappa shape index (κ3) is 2.82. The van der Waals surface area contributed by atoms with Crippen LogP contribution in [0.15, 0.2) is 24.5 Å². The first-order chi connectivity index (χ1) is 8.18. The van der Waals surface area contributed by atoms with Crippen LogP contribution in [0.25, 0.3) is 0 Å². The molecule has 0 radical (unpaired) electrons. The zero-order valence-corrected chi connectivity index (χ0v) is 10.4. The summed E-state index contributed by atoms with van der Waals surface area (Å²) in [5.74, 6) is 0.187. The Labute approximate surface area is 102 Å². The second-order valence-corrected chi connectivity index (χ2v) is 4.64. The van der Waals surface area contributed by atoms with Gasteiger partial charge in [0.25, 0.3) is 0 Å². The van der Waals surface area contributed by atoms with E-state index in [0.717, 1.165) is 18.5 Å². The van der Waals surface area contributed by atoms with E-state index in [1.807, 2.05) is 24.0 Å². The van der Waals surface area contributed by atoms with Crippen molar-refractivity contribution in [1.82, 2.24) is 15.2 Å². The smallest absolute Gasteiger partial charge is 0.239 e. The Hall–Kier alpha value is -1.42. The Kier molecular flexibility index (Phi) is 3.74. The third-order valence-electron chi connectivity index (χ3n) is 3.30. The van der Waals surface area contributed by atoms with Gasteiger partial charge in [0, 0.05) is 25.0 Å². The van der Waals surface area contributed by atoms with Crippen molar-refractivity contribution in [3.05, 3.63) is 30.1 Å². The standard InChI is InChI=1S/C13H19N3O/c1-10-3-8-15-11(2)13(17)16(10)9-12-4-6-14-7-5-12/h4-7,10-11,15H,3,8-9H2,1-2H3. The lowest BCUT2D eigenvalue weighted by Crippen LogP contribution is -2.43. The van der Waals surface area contributed by atoms with E-state index in [1.54, 1.807) is 12.4 Å². The highest BCUT2D eigenvalue weighted by Gasteiger charge is 2.27. The highest BCUT2D eigenvalue weighted by molar-refractivity contribution is 5.82.